The van der Waals surface area contributed by atoms with Crippen LogP contribution in [0.25, 0.3) is 109 Å². The Hall–Kier alpha value is -6.44. The molecular weight excluding hydrogens is 593 g/mol. The van der Waals surface area contributed by atoms with E-state index in [2.05, 4.69) is 170 Å². The first-order chi connectivity index (χ1) is 24.3. The van der Waals surface area contributed by atoms with E-state index in [1.165, 1.54) is 98.0 Å². The number of furan rings is 1. The van der Waals surface area contributed by atoms with Crippen LogP contribution in [0.3, 0.4) is 0 Å². The maximum absolute atomic E-state index is 6.34. The van der Waals surface area contributed by atoms with E-state index >= 15 is 0 Å². The molecule has 11 aromatic rings. The number of hydrogen-bond acceptors (Lipinski definition) is 1. The van der Waals surface area contributed by atoms with Gasteiger partial charge in [0.25, 0.3) is 0 Å². The van der Waals surface area contributed by atoms with E-state index in [1.807, 2.05) is 0 Å². The summed E-state index contributed by atoms with van der Waals surface area (Å²) in [5.74, 6) is 0. The molecule has 1 heterocycles. The van der Waals surface area contributed by atoms with Gasteiger partial charge in [-0.05, 0) is 112 Å². The summed E-state index contributed by atoms with van der Waals surface area (Å²) in [6.45, 7) is 0. The van der Waals surface area contributed by atoms with Crippen molar-refractivity contribution in [1.82, 2.24) is 0 Å². The molecule has 0 unspecified atom stereocenters. The normalized spacial score (nSPS) is 12.1. The Bertz CT molecular complexity index is 3030. The van der Waals surface area contributed by atoms with E-state index in [9.17, 15) is 0 Å². The first kappa shape index (κ1) is 26.6. The molecule has 49 heavy (non-hydrogen) atoms. The Morgan fingerprint density at radius 3 is 1.61 bits per heavy atom. The molecule has 0 aliphatic heterocycles. The summed E-state index contributed by atoms with van der Waals surface area (Å²) in [5, 5.41) is 15.0. The van der Waals surface area contributed by atoms with Gasteiger partial charge in [-0.1, -0.05) is 146 Å². The van der Waals surface area contributed by atoms with Gasteiger partial charge in [0.2, 0.25) is 0 Å². The van der Waals surface area contributed by atoms with Gasteiger partial charge < -0.3 is 4.42 Å². The summed E-state index contributed by atoms with van der Waals surface area (Å²) in [6.07, 6.45) is 0. The summed E-state index contributed by atoms with van der Waals surface area (Å²) >= 11 is 0. The predicted octanol–water partition coefficient (Wildman–Crippen LogP) is 13.8. The molecule has 0 amide bonds. The maximum atomic E-state index is 6.34. The lowest BCUT2D eigenvalue weighted by atomic mass is 9.84. The molecule has 10 aromatic carbocycles. The molecule has 0 spiro atoms. The molecule has 0 N–H and O–H groups in total. The molecule has 0 aliphatic rings. The van der Waals surface area contributed by atoms with Gasteiger partial charge >= 0.3 is 0 Å². The Morgan fingerprint density at radius 2 is 0.837 bits per heavy atom. The van der Waals surface area contributed by atoms with Crippen molar-refractivity contribution in [2.75, 3.05) is 0 Å². The summed E-state index contributed by atoms with van der Waals surface area (Å²) in [7, 11) is 0. The molecule has 1 nitrogen and oxygen atoms in total. The number of fused-ring (bicyclic) bond motifs is 5. The summed E-state index contributed by atoms with van der Waals surface area (Å²) in [6, 6.07) is 62.2. The van der Waals surface area contributed by atoms with Crippen molar-refractivity contribution < 1.29 is 4.42 Å². The van der Waals surface area contributed by atoms with Gasteiger partial charge in [0.15, 0.2) is 0 Å². The first-order valence-electron chi connectivity index (χ1n) is 16.9. The zero-order chi connectivity index (χ0) is 32.1. The lowest BCUT2D eigenvalue weighted by Gasteiger charge is -2.19. The quantitative estimate of drug-likeness (QED) is 0.141. The fourth-order valence-corrected chi connectivity index (χ4v) is 8.42. The van der Waals surface area contributed by atoms with Crippen molar-refractivity contribution in [3.05, 3.63) is 170 Å². The number of hydrogen-bond donors (Lipinski definition) is 0. The van der Waals surface area contributed by atoms with Crippen LogP contribution in [0, 0.1) is 0 Å². The third kappa shape index (κ3) is 3.82. The minimum absolute atomic E-state index is 0.940. The monoisotopic (exact) mass is 620 g/mol. The zero-order valence-electron chi connectivity index (χ0n) is 26.6. The van der Waals surface area contributed by atoms with Gasteiger partial charge in [-0.2, -0.15) is 0 Å². The Labute approximate surface area is 282 Å². The minimum Gasteiger partial charge on any atom is -0.456 e. The third-order valence-electron chi connectivity index (χ3n) is 10.6. The topological polar surface area (TPSA) is 13.1 Å². The van der Waals surface area contributed by atoms with Crippen LogP contribution in [0.5, 0.6) is 0 Å². The molecule has 1 heteroatoms. The van der Waals surface area contributed by atoms with Crippen molar-refractivity contribution in [2.24, 2.45) is 0 Å². The summed E-state index contributed by atoms with van der Waals surface area (Å²) < 4.78 is 6.34. The van der Waals surface area contributed by atoms with Crippen LogP contribution in [0.1, 0.15) is 0 Å². The zero-order valence-corrected chi connectivity index (χ0v) is 26.6. The van der Waals surface area contributed by atoms with Crippen molar-refractivity contribution in [1.29, 1.82) is 0 Å². The van der Waals surface area contributed by atoms with Gasteiger partial charge in [-0.3, -0.25) is 0 Å². The summed E-state index contributed by atoms with van der Waals surface area (Å²) in [5.41, 5.74) is 9.33. The van der Waals surface area contributed by atoms with E-state index in [0.717, 1.165) is 11.2 Å². The van der Waals surface area contributed by atoms with Crippen LogP contribution in [-0.4, -0.2) is 0 Å². The SMILES string of the molecule is c1ccc2c(c1)ccc1cc(-c3ccc(-c4c5ccccc5c(-c5ccc6oc7cccc8ccc5c6c87)c5ccccc45)cc3)ccc12. The van der Waals surface area contributed by atoms with Crippen molar-refractivity contribution in [2.45, 2.75) is 0 Å². The van der Waals surface area contributed by atoms with E-state index < -0.39 is 0 Å². The molecular formula is C48H28O. The van der Waals surface area contributed by atoms with Gasteiger partial charge in [0.05, 0.1) is 0 Å². The lowest BCUT2D eigenvalue weighted by Crippen LogP contribution is -1.92. The number of benzene rings is 10. The smallest absolute Gasteiger partial charge is 0.136 e. The molecule has 226 valence electrons. The highest BCUT2D eigenvalue weighted by molar-refractivity contribution is 6.28. The van der Waals surface area contributed by atoms with Crippen molar-refractivity contribution >= 4 is 75.8 Å². The van der Waals surface area contributed by atoms with Gasteiger partial charge in [0.1, 0.15) is 11.2 Å². The Kier molecular flexibility index (Phi) is 5.45. The van der Waals surface area contributed by atoms with Crippen LogP contribution in [0.15, 0.2) is 174 Å². The molecule has 1 aromatic heterocycles. The fourth-order valence-electron chi connectivity index (χ4n) is 8.42. The highest BCUT2D eigenvalue weighted by Crippen LogP contribution is 2.48. The van der Waals surface area contributed by atoms with Crippen LogP contribution in [0.2, 0.25) is 0 Å². The fraction of sp³-hybridized carbons (Fsp3) is 0. The number of rotatable bonds is 3. The minimum atomic E-state index is 0.940. The first-order valence-corrected chi connectivity index (χ1v) is 16.9. The molecule has 0 saturated carbocycles. The van der Waals surface area contributed by atoms with Gasteiger partial charge in [0, 0.05) is 10.8 Å². The second kappa shape index (κ2) is 10.0. The van der Waals surface area contributed by atoms with Crippen LogP contribution in [-0.2, 0) is 0 Å². The van der Waals surface area contributed by atoms with E-state index in [4.69, 9.17) is 4.42 Å². The predicted molar refractivity (Wildman–Crippen MR) is 209 cm³/mol. The second-order valence-corrected chi connectivity index (χ2v) is 13.2. The highest BCUT2D eigenvalue weighted by Gasteiger charge is 2.21. The molecule has 0 aliphatic carbocycles. The summed E-state index contributed by atoms with van der Waals surface area (Å²) in [4.78, 5) is 0. The Balaban J connectivity index is 1.11. The van der Waals surface area contributed by atoms with Gasteiger partial charge in [-0.15, -0.1) is 0 Å². The van der Waals surface area contributed by atoms with Gasteiger partial charge in [-0.25, -0.2) is 0 Å². The molecule has 11 rings (SSSR count). The van der Waals surface area contributed by atoms with Crippen molar-refractivity contribution in [3.63, 3.8) is 0 Å². The average Bonchev–Trinajstić information content (AvgIpc) is 3.56. The molecule has 0 saturated heterocycles. The maximum Gasteiger partial charge on any atom is 0.136 e. The van der Waals surface area contributed by atoms with Crippen LogP contribution >= 0.6 is 0 Å². The molecule has 0 atom stereocenters. The standard InChI is InChI=1S/C48H28O/c1-2-10-35-30(8-1)18-21-34-28-33(23-24-36(34)35)29-16-19-32(20-17-29)45-37-11-3-5-13-39(37)47(40-14-6-4-12-38(40)45)41-26-27-44-48-42(41)25-22-31-9-7-15-43(49-44)46(31)48/h1-28H. The van der Waals surface area contributed by atoms with Crippen LogP contribution in [0.4, 0.5) is 0 Å². The average molecular weight is 621 g/mol. The highest BCUT2D eigenvalue weighted by atomic mass is 16.3. The largest absolute Gasteiger partial charge is 0.456 e. The van der Waals surface area contributed by atoms with E-state index in [0.29, 0.717) is 0 Å². The van der Waals surface area contributed by atoms with E-state index in [-0.39, 0.29) is 0 Å². The van der Waals surface area contributed by atoms with E-state index in [1.54, 1.807) is 0 Å². The third-order valence-corrected chi connectivity index (χ3v) is 10.6. The van der Waals surface area contributed by atoms with Crippen LogP contribution < -0.4 is 0 Å². The molecule has 0 radical (unpaired) electrons. The molecule has 0 fully saturated rings. The lowest BCUT2D eigenvalue weighted by molar-refractivity contribution is 0.669. The second-order valence-electron chi connectivity index (χ2n) is 13.2. The molecule has 0 bridgehead atoms. The van der Waals surface area contributed by atoms with Crippen molar-refractivity contribution in [3.8, 4) is 33.4 Å². The Morgan fingerprint density at radius 1 is 0.286 bits per heavy atom.